The number of carbonyl (C=O) groups is 1. The highest BCUT2D eigenvalue weighted by Gasteiger charge is 2.23. The Kier molecular flexibility index (Phi) is 4.93. The van der Waals surface area contributed by atoms with Crippen LogP contribution in [0.25, 0.3) is 0 Å². The smallest absolute Gasteiger partial charge is 0.258 e. The predicted molar refractivity (Wildman–Crippen MR) is 82.0 cm³/mol. The number of carbonyl (C=O) groups excluding carboxylic acids is 1. The zero-order chi connectivity index (χ0) is 14.4. The first-order valence-corrected chi connectivity index (χ1v) is 6.99. The Hall–Kier alpha value is -2.10. The van der Waals surface area contributed by atoms with Crippen LogP contribution in [-0.2, 0) is 0 Å². The molecule has 106 valence electrons. The molecule has 0 unspecified atom stereocenters. The van der Waals surface area contributed by atoms with Crippen LogP contribution < -0.4 is 4.90 Å². The van der Waals surface area contributed by atoms with E-state index in [0.717, 1.165) is 31.7 Å². The Morgan fingerprint density at radius 1 is 1.30 bits per heavy atom. The Bertz CT molecular complexity index is 482. The molecule has 1 amide bonds. The van der Waals surface area contributed by atoms with Crippen LogP contribution in [0, 0.1) is 0 Å². The van der Waals surface area contributed by atoms with Gasteiger partial charge >= 0.3 is 0 Å². The van der Waals surface area contributed by atoms with Gasteiger partial charge in [-0.1, -0.05) is 12.2 Å². The van der Waals surface area contributed by atoms with Crippen LogP contribution in [0.2, 0.25) is 0 Å². The SMILES string of the molecule is C=CCN(CC=C)C(=O)c1cccnc1N1CCCC1. The van der Waals surface area contributed by atoms with E-state index in [4.69, 9.17) is 0 Å². The zero-order valence-electron chi connectivity index (χ0n) is 11.8. The molecule has 0 spiro atoms. The third kappa shape index (κ3) is 3.07. The van der Waals surface area contributed by atoms with E-state index in [0.29, 0.717) is 18.7 Å². The first-order valence-electron chi connectivity index (χ1n) is 6.99. The molecule has 4 heteroatoms. The lowest BCUT2D eigenvalue weighted by atomic mass is 10.2. The van der Waals surface area contributed by atoms with E-state index in [-0.39, 0.29) is 5.91 Å². The number of amides is 1. The van der Waals surface area contributed by atoms with Gasteiger partial charge < -0.3 is 9.80 Å². The highest BCUT2D eigenvalue weighted by atomic mass is 16.2. The second-order valence-corrected chi connectivity index (χ2v) is 4.86. The van der Waals surface area contributed by atoms with E-state index >= 15 is 0 Å². The quantitative estimate of drug-likeness (QED) is 0.746. The van der Waals surface area contributed by atoms with Gasteiger partial charge in [0.2, 0.25) is 0 Å². The van der Waals surface area contributed by atoms with Crippen LogP contribution in [0.5, 0.6) is 0 Å². The average Bonchev–Trinajstić information content (AvgIpc) is 3.00. The molecule has 0 N–H and O–H groups in total. The molecule has 1 aliphatic heterocycles. The van der Waals surface area contributed by atoms with Gasteiger partial charge in [0.05, 0.1) is 5.56 Å². The molecule has 1 aromatic heterocycles. The number of nitrogens with zero attached hydrogens (tertiary/aromatic N) is 3. The molecule has 0 atom stereocenters. The highest BCUT2D eigenvalue weighted by Crippen LogP contribution is 2.23. The minimum absolute atomic E-state index is 0.0141. The highest BCUT2D eigenvalue weighted by molar-refractivity contribution is 5.99. The minimum Gasteiger partial charge on any atom is -0.356 e. The Morgan fingerprint density at radius 3 is 2.55 bits per heavy atom. The van der Waals surface area contributed by atoms with E-state index in [2.05, 4.69) is 23.0 Å². The molecule has 0 saturated carbocycles. The number of rotatable bonds is 6. The van der Waals surface area contributed by atoms with Crippen LogP contribution in [0.15, 0.2) is 43.6 Å². The lowest BCUT2D eigenvalue weighted by molar-refractivity contribution is 0.0791. The first kappa shape index (κ1) is 14.3. The molecule has 2 rings (SSSR count). The molecule has 1 aliphatic rings. The lowest BCUT2D eigenvalue weighted by Gasteiger charge is -2.24. The van der Waals surface area contributed by atoms with Gasteiger partial charge in [0, 0.05) is 32.4 Å². The van der Waals surface area contributed by atoms with Crippen molar-refractivity contribution in [2.75, 3.05) is 31.1 Å². The molecule has 1 saturated heterocycles. The molecule has 1 aromatic rings. The molecular weight excluding hydrogens is 250 g/mol. The van der Waals surface area contributed by atoms with Crippen molar-refractivity contribution in [2.24, 2.45) is 0 Å². The summed E-state index contributed by atoms with van der Waals surface area (Å²) in [5, 5.41) is 0. The van der Waals surface area contributed by atoms with Crippen molar-refractivity contribution in [2.45, 2.75) is 12.8 Å². The third-order valence-corrected chi connectivity index (χ3v) is 3.41. The van der Waals surface area contributed by atoms with E-state index in [1.807, 2.05) is 12.1 Å². The maximum absolute atomic E-state index is 12.7. The maximum atomic E-state index is 12.7. The molecule has 0 bridgehead atoms. The van der Waals surface area contributed by atoms with E-state index < -0.39 is 0 Å². The molecule has 0 aromatic carbocycles. The Morgan fingerprint density at radius 2 is 1.95 bits per heavy atom. The second kappa shape index (κ2) is 6.89. The van der Waals surface area contributed by atoms with Crippen LogP contribution in [0.4, 0.5) is 5.82 Å². The standard InChI is InChI=1S/C16H21N3O/c1-3-10-19(11-4-2)16(20)14-8-7-9-17-15(14)18-12-5-6-13-18/h3-4,7-9H,1-2,5-6,10-13H2. The summed E-state index contributed by atoms with van der Waals surface area (Å²) in [6.07, 6.45) is 7.52. The van der Waals surface area contributed by atoms with E-state index in [9.17, 15) is 4.79 Å². The summed E-state index contributed by atoms with van der Waals surface area (Å²) in [5.74, 6) is 0.785. The van der Waals surface area contributed by atoms with Crippen molar-refractivity contribution in [1.29, 1.82) is 0 Å². The van der Waals surface area contributed by atoms with Gasteiger partial charge in [-0.3, -0.25) is 4.79 Å². The normalized spacial score (nSPS) is 14.1. The van der Waals surface area contributed by atoms with Crippen LogP contribution in [0.1, 0.15) is 23.2 Å². The molecule has 2 heterocycles. The van der Waals surface area contributed by atoms with Crippen molar-refractivity contribution < 1.29 is 4.79 Å². The van der Waals surface area contributed by atoms with Crippen LogP contribution >= 0.6 is 0 Å². The van der Waals surface area contributed by atoms with Gasteiger partial charge in [-0.25, -0.2) is 4.98 Å². The molecule has 4 nitrogen and oxygen atoms in total. The van der Waals surface area contributed by atoms with Crippen molar-refractivity contribution in [3.63, 3.8) is 0 Å². The Labute approximate surface area is 120 Å². The van der Waals surface area contributed by atoms with Crippen molar-refractivity contribution in [1.82, 2.24) is 9.88 Å². The summed E-state index contributed by atoms with van der Waals surface area (Å²) in [5.41, 5.74) is 0.665. The first-order chi connectivity index (χ1) is 9.77. The van der Waals surface area contributed by atoms with Crippen molar-refractivity contribution in [3.05, 3.63) is 49.2 Å². The number of anilines is 1. The van der Waals surface area contributed by atoms with Crippen LogP contribution in [-0.4, -0.2) is 42.0 Å². The second-order valence-electron chi connectivity index (χ2n) is 4.86. The summed E-state index contributed by atoms with van der Waals surface area (Å²) in [6, 6.07) is 3.66. The lowest BCUT2D eigenvalue weighted by Crippen LogP contribution is -2.33. The number of hydrogen-bond donors (Lipinski definition) is 0. The van der Waals surface area contributed by atoms with Gasteiger partial charge in [0.15, 0.2) is 0 Å². The molecule has 1 fully saturated rings. The van der Waals surface area contributed by atoms with E-state index in [1.165, 1.54) is 0 Å². The topological polar surface area (TPSA) is 36.4 Å². The fourth-order valence-corrected chi connectivity index (χ4v) is 2.47. The van der Waals surface area contributed by atoms with Gasteiger partial charge in [-0.15, -0.1) is 13.2 Å². The molecular formula is C16H21N3O. The van der Waals surface area contributed by atoms with Crippen molar-refractivity contribution in [3.8, 4) is 0 Å². The summed E-state index contributed by atoms with van der Waals surface area (Å²) >= 11 is 0. The third-order valence-electron chi connectivity index (χ3n) is 3.41. The fourth-order valence-electron chi connectivity index (χ4n) is 2.47. The molecule has 0 aliphatic carbocycles. The Balaban J connectivity index is 2.28. The number of aromatic nitrogens is 1. The predicted octanol–water partition coefficient (Wildman–Crippen LogP) is 2.50. The summed E-state index contributed by atoms with van der Waals surface area (Å²) in [6.45, 7) is 10.4. The zero-order valence-corrected chi connectivity index (χ0v) is 11.8. The monoisotopic (exact) mass is 271 g/mol. The fraction of sp³-hybridized carbons (Fsp3) is 0.375. The maximum Gasteiger partial charge on any atom is 0.258 e. The van der Waals surface area contributed by atoms with Gasteiger partial charge in [0.1, 0.15) is 5.82 Å². The summed E-state index contributed by atoms with van der Waals surface area (Å²) < 4.78 is 0. The average molecular weight is 271 g/mol. The summed E-state index contributed by atoms with van der Waals surface area (Å²) in [4.78, 5) is 21.0. The summed E-state index contributed by atoms with van der Waals surface area (Å²) in [7, 11) is 0. The molecule has 20 heavy (non-hydrogen) atoms. The van der Waals surface area contributed by atoms with Gasteiger partial charge in [-0.2, -0.15) is 0 Å². The van der Waals surface area contributed by atoms with Crippen molar-refractivity contribution >= 4 is 11.7 Å². The van der Waals surface area contributed by atoms with Gasteiger partial charge in [0.25, 0.3) is 5.91 Å². The largest absolute Gasteiger partial charge is 0.356 e. The number of pyridine rings is 1. The molecule has 0 radical (unpaired) electrons. The number of hydrogen-bond acceptors (Lipinski definition) is 3. The van der Waals surface area contributed by atoms with E-state index in [1.54, 1.807) is 23.2 Å². The minimum atomic E-state index is -0.0141. The van der Waals surface area contributed by atoms with Gasteiger partial charge in [-0.05, 0) is 25.0 Å². The van der Waals surface area contributed by atoms with Crippen LogP contribution in [0.3, 0.4) is 0 Å².